The number of nitrogens with zero attached hydrogens (tertiary/aromatic N) is 2. The number of aliphatic hydroxyl groups excluding tert-OH is 1. The summed E-state index contributed by atoms with van der Waals surface area (Å²) in [5.74, 6) is 1.26. The maximum atomic E-state index is 10.6. The third-order valence-electron chi connectivity index (χ3n) is 5.13. The molecule has 1 heterocycles. The molecular formula is C24H25ClN3O2+. The van der Waals surface area contributed by atoms with E-state index < -0.39 is 6.10 Å². The van der Waals surface area contributed by atoms with E-state index in [4.69, 9.17) is 22.1 Å². The van der Waals surface area contributed by atoms with Crippen LogP contribution in [0.1, 0.15) is 11.1 Å². The van der Waals surface area contributed by atoms with Gasteiger partial charge in [-0.05, 0) is 48.9 Å². The minimum Gasteiger partial charge on any atom is -0.491 e. The predicted molar refractivity (Wildman–Crippen MR) is 120 cm³/mol. The number of aliphatic hydroxyl groups is 1. The van der Waals surface area contributed by atoms with Crippen molar-refractivity contribution in [1.82, 2.24) is 4.57 Å². The third kappa shape index (κ3) is 4.42. The Hall–Kier alpha value is -3.02. The van der Waals surface area contributed by atoms with E-state index >= 15 is 0 Å². The summed E-state index contributed by atoms with van der Waals surface area (Å²) in [7, 11) is 0. The van der Waals surface area contributed by atoms with E-state index in [1.54, 1.807) is 24.3 Å². The highest BCUT2D eigenvalue weighted by Crippen LogP contribution is 2.19. The van der Waals surface area contributed by atoms with Crippen molar-refractivity contribution in [2.45, 2.75) is 26.1 Å². The number of aromatic nitrogens is 2. The minimum atomic E-state index is -0.716. The molecule has 0 aliphatic carbocycles. The third-order valence-corrected chi connectivity index (χ3v) is 5.38. The molecule has 0 unspecified atom stereocenters. The van der Waals surface area contributed by atoms with Crippen LogP contribution >= 0.6 is 11.6 Å². The van der Waals surface area contributed by atoms with Gasteiger partial charge in [0.15, 0.2) is 0 Å². The van der Waals surface area contributed by atoms with Gasteiger partial charge in [0.1, 0.15) is 36.0 Å². The Morgan fingerprint density at radius 2 is 1.73 bits per heavy atom. The molecule has 0 saturated carbocycles. The summed E-state index contributed by atoms with van der Waals surface area (Å²) >= 11 is 5.90. The Bertz CT molecular complexity index is 1140. The molecule has 154 valence electrons. The molecule has 1 atom stereocenters. The van der Waals surface area contributed by atoms with Crippen LogP contribution in [0.5, 0.6) is 5.75 Å². The molecule has 1 aromatic heterocycles. The zero-order valence-electron chi connectivity index (χ0n) is 16.8. The molecule has 0 aliphatic rings. The highest BCUT2D eigenvalue weighted by Gasteiger charge is 2.23. The van der Waals surface area contributed by atoms with Crippen LogP contribution in [-0.2, 0) is 13.1 Å². The van der Waals surface area contributed by atoms with Crippen LogP contribution in [0.15, 0.2) is 72.8 Å². The van der Waals surface area contributed by atoms with E-state index in [0.29, 0.717) is 29.8 Å². The molecule has 5 nitrogen and oxygen atoms in total. The molecule has 0 aliphatic heterocycles. The molecule has 3 aromatic carbocycles. The van der Waals surface area contributed by atoms with Gasteiger partial charge in [0.2, 0.25) is 0 Å². The number of halogens is 1. The number of rotatable bonds is 7. The van der Waals surface area contributed by atoms with E-state index in [1.165, 1.54) is 11.1 Å². The van der Waals surface area contributed by atoms with Gasteiger partial charge in [-0.1, -0.05) is 53.6 Å². The maximum Gasteiger partial charge on any atom is 0.356 e. The number of nitrogens with two attached hydrogens (primary N) is 1. The second-order valence-corrected chi connectivity index (χ2v) is 7.88. The molecule has 4 rings (SSSR count). The number of aryl methyl sites for hydroxylation is 1. The highest BCUT2D eigenvalue weighted by atomic mass is 35.5. The molecular weight excluding hydrogens is 398 g/mol. The van der Waals surface area contributed by atoms with Gasteiger partial charge < -0.3 is 9.84 Å². The van der Waals surface area contributed by atoms with Gasteiger partial charge in [-0.25, -0.2) is 9.13 Å². The van der Waals surface area contributed by atoms with E-state index in [-0.39, 0.29) is 6.61 Å². The molecule has 30 heavy (non-hydrogen) atoms. The first kappa shape index (κ1) is 20.3. The number of para-hydroxylation sites is 2. The molecule has 0 amide bonds. The number of benzene rings is 3. The monoisotopic (exact) mass is 422 g/mol. The summed E-state index contributed by atoms with van der Waals surface area (Å²) in [5, 5.41) is 11.2. The lowest BCUT2D eigenvalue weighted by Gasteiger charge is -2.12. The van der Waals surface area contributed by atoms with E-state index in [2.05, 4.69) is 35.8 Å². The topological polar surface area (TPSA) is 64.3 Å². The summed E-state index contributed by atoms with van der Waals surface area (Å²) in [4.78, 5) is 0. The number of hydrogen-bond acceptors (Lipinski definition) is 3. The van der Waals surface area contributed by atoms with E-state index in [0.717, 1.165) is 11.0 Å². The minimum absolute atomic E-state index is 0.158. The van der Waals surface area contributed by atoms with Crippen LogP contribution in [0.4, 0.5) is 5.95 Å². The summed E-state index contributed by atoms with van der Waals surface area (Å²) in [6, 6.07) is 23.6. The molecule has 3 N–H and O–H groups in total. The molecule has 4 aromatic rings. The molecule has 0 bridgehead atoms. The van der Waals surface area contributed by atoms with Gasteiger partial charge in [0, 0.05) is 5.02 Å². The van der Waals surface area contributed by atoms with E-state index in [1.807, 2.05) is 28.8 Å². The Kier molecular flexibility index (Phi) is 5.93. The van der Waals surface area contributed by atoms with Gasteiger partial charge >= 0.3 is 5.95 Å². The normalized spacial score (nSPS) is 12.2. The summed E-state index contributed by atoms with van der Waals surface area (Å²) in [6.07, 6.45) is -0.716. The number of nitrogen functional groups attached to an aromatic ring is 1. The Morgan fingerprint density at radius 1 is 1.03 bits per heavy atom. The lowest BCUT2D eigenvalue weighted by Crippen LogP contribution is -2.37. The predicted octanol–water partition coefficient (Wildman–Crippen LogP) is 3.96. The fourth-order valence-corrected chi connectivity index (χ4v) is 3.66. The number of anilines is 1. The first-order valence-electron chi connectivity index (χ1n) is 9.90. The van der Waals surface area contributed by atoms with Crippen molar-refractivity contribution >= 4 is 28.6 Å². The van der Waals surface area contributed by atoms with Gasteiger partial charge in [-0.2, -0.15) is 0 Å². The first-order valence-corrected chi connectivity index (χ1v) is 10.3. The number of imidazole rings is 1. The molecule has 0 saturated heterocycles. The van der Waals surface area contributed by atoms with Crippen LogP contribution in [-0.4, -0.2) is 22.4 Å². The largest absolute Gasteiger partial charge is 0.491 e. The Balaban J connectivity index is 1.55. The molecule has 0 spiro atoms. The van der Waals surface area contributed by atoms with Gasteiger partial charge in [-0.15, -0.1) is 0 Å². The first-order chi connectivity index (χ1) is 14.5. The van der Waals surface area contributed by atoms with Crippen molar-refractivity contribution in [3.8, 4) is 5.75 Å². The number of fused-ring (bicyclic) bond motifs is 1. The van der Waals surface area contributed by atoms with Crippen molar-refractivity contribution in [3.05, 3.63) is 88.9 Å². The van der Waals surface area contributed by atoms with Crippen molar-refractivity contribution in [1.29, 1.82) is 0 Å². The van der Waals surface area contributed by atoms with Crippen LogP contribution < -0.4 is 15.0 Å². The average molecular weight is 423 g/mol. The maximum absolute atomic E-state index is 10.6. The van der Waals surface area contributed by atoms with Crippen LogP contribution in [0, 0.1) is 6.92 Å². The van der Waals surface area contributed by atoms with Crippen molar-refractivity contribution in [2.24, 2.45) is 0 Å². The van der Waals surface area contributed by atoms with Crippen LogP contribution in [0.3, 0.4) is 0 Å². The van der Waals surface area contributed by atoms with Crippen molar-refractivity contribution in [2.75, 3.05) is 12.3 Å². The summed E-state index contributed by atoms with van der Waals surface area (Å²) < 4.78 is 9.71. The van der Waals surface area contributed by atoms with Crippen molar-refractivity contribution < 1.29 is 14.4 Å². The van der Waals surface area contributed by atoms with Crippen LogP contribution in [0.2, 0.25) is 5.02 Å². The van der Waals surface area contributed by atoms with Gasteiger partial charge in [0.05, 0.1) is 6.54 Å². The fraction of sp³-hybridized carbons (Fsp3) is 0.208. The zero-order chi connectivity index (χ0) is 21.1. The molecule has 6 heteroatoms. The zero-order valence-corrected chi connectivity index (χ0v) is 17.6. The Labute approximate surface area is 180 Å². The van der Waals surface area contributed by atoms with Crippen molar-refractivity contribution in [3.63, 3.8) is 0 Å². The summed E-state index contributed by atoms with van der Waals surface area (Å²) in [6.45, 7) is 3.23. The smallest absolute Gasteiger partial charge is 0.356 e. The Morgan fingerprint density at radius 3 is 2.47 bits per heavy atom. The average Bonchev–Trinajstić information content (AvgIpc) is 3.01. The van der Waals surface area contributed by atoms with Gasteiger partial charge in [0.25, 0.3) is 0 Å². The van der Waals surface area contributed by atoms with Crippen LogP contribution in [0.25, 0.3) is 11.0 Å². The SMILES string of the molecule is Cc1ccc(C[n+]2c(N)n(C[C@@H](O)COc3ccc(Cl)cc3)c3ccccc32)cc1. The lowest BCUT2D eigenvalue weighted by atomic mass is 10.1. The second-order valence-electron chi connectivity index (χ2n) is 7.45. The standard InChI is InChI=1S/C24H24ClN3O2/c1-17-6-8-18(9-7-17)14-27-22-4-2-3-5-23(22)28(24(27)26)15-20(29)16-30-21-12-10-19(25)11-13-21/h2-13,20,26,29H,14-16H2,1H3/p+1/t20-/m1/s1. The quantitative estimate of drug-likeness (QED) is 0.443. The van der Waals surface area contributed by atoms with E-state index in [9.17, 15) is 5.11 Å². The number of ether oxygens (including phenoxy) is 1. The molecule has 0 fully saturated rings. The highest BCUT2D eigenvalue weighted by molar-refractivity contribution is 6.30. The lowest BCUT2D eigenvalue weighted by molar-refractivity contribution is -0.648. The fourth-order valence-electron chi connectivity index (χ4n) is 3.53. The summed E-state index contributed by atoms with van der Waals surface area (Å²) in [5.41, 5.74) is 10.9. The van der Waals surface area contributed by atoms with Gasteiger partial charge in [-0.3, -0.25) is 5.73 Å². The second kappa shape index (κ2) is 8.78. The molecule has 0 radical (unpaired) electrons. The number of hydrogen-bond donors (Lipinski definition) is 2.